The van der Waals surface area contributed by atoms with Gasteiger partial charge in [-0.15, -0.1) is 0 Å². The van der Waals surface area contributed by atoms with Gasteiger partial charge in [-0.3, -0.25) is 9.59 Å². The van der Waals surface area contributed by atoms with Crippen LogP contribution in [0.2, 0.25) is 15.1 Å². The van der Waals surface area contributed by atoms with E-state index in [1.807, 2.05) is 4.90 Å². The first-order valence-corrected chi connectivity index (χ1v) is 12.9. The van der Waals surface area contributed by atoms with Crippen LogP contribution >= 0.6 is 46.1 Å². The molecule has 2 aromatic heterocycles. The van der Waals surface area contributed by atoms with E-state index in [-0.39, 0.29) is 70.4 Å². The van der Waals surface area contributed by atoms with E-state index < -0.39 is 11.9 Å². The maximum Gasteiger partial charge on any atom is 1.00 e. The molecule has 0 radical (unpaired) electrons. The van der Waals surface area contributed by atoms with Gasteiger partial charge in [-0.1, -0.05) is 52.2 Å². The van der Waals surface area contributed by atoms with Crippen molar-refractivity contribution in [3.8, 4) is 0 Å². The van der Waals surface area contributed by atoms with Gasteiger partial charge in [0, 0.05) is 47.4 Å². The number of H-pyrrole nitrogens is 1. The third-order valence-corrected chi connectivity index (χ3v) is 8.67. The molecule has 1 saturated heterocycles. The topological polar surface area (TPSA) is 130 Å². The number of hydrogen-bond donors (Lipinski definition) is 3. The number of carbonyl (C=O) groups is 3. The number of hydrogen-bond acceptors (Lipinski definition) is 7. The van der Waals surface area contributed by atoms with Crippen molar-refractivity contribution < 1.29 is 38.4 Å². The van der Waals surface area contributed by atoms with Crippen LogP contribution in [0.4, 0.5) is 10.8 Å². The van der Waals surface area contributed by atoms with Gasteiger partial charge in [0.1, 0.15) is 5.69 Å². The van der Waals surface area contributed by atoms with Gasteiger partial charge in [-0.05, 0) is 25.1 Å². The molecule has 3 aromatic rings. The van der Waals surface area contributed by atoms with E-state index >= 15 is 0 Å². The number of thiazole rings is 1. The van der Waals surface area contributed by atoms with E-state index in [1.165, 1.54) is 0 Å². The van der Waals surface area contributed by atoms with Crippen LogP contribution in [-0.2, 0) is 11.2 Å². The first-order chi connectivity index (χ1) is 17.1. The van der Waals surface area contributed by atoms with Gasteiger partial charge in [0.15, 0.2) is 5.13 Å². The molecule has 3 atom stereocenters. The number of carbonyl (C=O) groups excluding carboxylic acids is 3. The Morgan fingerprint density at radius 1 is 1.19 bits per heavy atom. The summed E-state index contributed by atoms with van der Waals surface area (Å²) in [6.45, 7) is 2.93. The van der Waals surface area contributed by atoms with Crippen molar-refractivity contribution >= 4 is 74.7 Å². The number of carboxylic acid groups (broad SMARTS) is 1. The average Bonchev–Trinajstić information content (AvgIpc) is 3.18. The zero-order valence-electron chi connectivity index (χ0n) is 19.7. The van der Waals surface area contributed by atoms with Crippen LogP contribution in [0.5, 0.6) is 0 Å². The monoisotopic (exact) mass is 573 g/mol. The van der Waals surface area contributed by atoms with E-state index in [1.54, 1.807) is 31.2 Å². The number of rotatable bonds is 7. The Morgan fingerprint density at radius 2 is 1.89 bits per heavy atom. The zero-order valence-corrected chi connectivity index (χ0v) is 22.8. The fourth-order valence-corrected chi connectivity index (χ4v) is 6.07. The van der Waals surface area contributed by atoms with Crippen LogP contribution in [0.25, 0.3) is 0 Å². The van der Waals surface area contributed by atoms with Crippen molar-refractivity contribution in [2.24, 2.45) is 11.8 Å². The minimum atomic E-state index is -1.38. The molecule has 1 saturated carbocycles. The molecule has 0 spiro atoms. The van der Waals surface area contributed by atoms with E-state index in [2.05, 4.69) is 20.6 Å². The number of halogens is 3. The predicted octanol–water partition coefficient (Wildman–Crippen LogP) is 0.153. The van der Waals surface area contributed by atoms with Crippen molar-refractivity contribution in [3.05, 3.63) is 61.3 Å². The second-order valence-electron chi connectivity index (χ2n) is 8.78. The summed E-state index contributed by atoms with van der Waals surface area (Å²) >= 11 is 19.1. The number of nitrogens with zero attached hydrogens (tertiary/aromatic N) is 2. The van der Waals surface area contributed by atoms with E-state index in [0.717, 1.165) is 11.3 Å². The molecule has 2 fully saturated rings. The fourth-order valence-electron chi connectivity index (χ4n) is 4.53. The molecule has 1 aliphatic carbocycles. The molecule has 188 valence electrons. The number of nitrogens with one attached hydrogen (secondary N) is 3. The largest absolute Gasteiger partial charge is 1.00 e. The molecule has 3 heterocycles. The molecule has 5 rings (SSSR count). The molecule has 1 aromatic carbocycles. The van der Waals surface area contributed by atoms with E-state index in [0.29, 0.717) is 39.6 Å². The molecular weight excluding hydrogens is 556 g/mol. The second kappa shape index (κ2) is 10.9. The van der Waals surface area contributed by atoms with Gasteiger partial charge < -0.3 is 30.4 Å². The van der Waals surface area contributed by atoms with Crippen LogP contribution in [0.15, 0.2) is 24.3 Å². The number of aromatic amines is 1. The average molecular weight is 575 g/mol. The number of fused-ring (bicyclic) bond motifs is 1. The minimum Gasteiger partial charge on any atom is -0.544 e. The molecular formula is C23H19Cl3LiN5O4S. The standard InChI is InChI=1S/C23H20Cl3N5O4S.Li/c1-9-16(25)17(26)19(27-9)21(33)30-18-12-7-31(8-13(12)18)23-29-14(20(36-23)22(34)35)6-15(32)28-11-4-2-3-10(24)5-11;/h2-5,12-13,18,27H,6-8H2,1H3,(H,28,32)(H,30,33)(H,34,35);/q;+1/p-1/t12-,13+,18-;. The van der Waals surface area contributed by atoms with E-state index in [9.17, 15) is 19.5 Å². The molecule has 2 aliphatic rings. The van der Waals surface area contributed by atoms with Crippen molar-refractivity contribution in [2.45, 2.75) is 19.4 Å². The van der Waals surface area contributed by atoms with Crippen LogP contribution in [0.1, 0.15) is 31.5 Å². The van der Waals surface area contributed by atoms with Gasteiger partial charge >= 0.3 is 18.9 Å². The molecule has 0 bridgehead atoms. The molecule has 0 unspecified atom stereocenters. The van der Waals surface area contributed by atoms with Gasteiger partial charge in [0.05, 0.1) is 33.0 Å². The summed E-state index contributed by atoms with van der Waals surface area (Å²) in [5.74, 6) is -1.71. The van der Waals surface area contributed by atoms with Crippen LogP contribution in [0.3, 0.4) is 0 Å². The zero-order chi connectivity index (χ0) is 25.7. The van der Waals surface area contributed by atoms with Crippen LogP contribution in [-0.4, -0.2) is 46.9 Å². The smallest absolute Gasteiger partial charge is 0.544 e. The molecule has 2 amide bonds. The Hall–Kier alpha value is -2.19. The summed E-state index contributed by atoms with van der Waals surface area (Å²) in [6.07, 6.45) is -0.218. The third kappa shape index (κ3) is 5.65. The summed E-state index contributed by atoms with van der Waals surface area (Å²) in [7, 11) is 0. The second-order valence-corrected chi connectivity index (χ2v) is 10.9. The number of benzene rings is 1. The predicted molar refractivity (Wildman–Crippen MR) is 136 cm³/mol. The van der Waals surface area contributed by atoms with Crippen LogP contribution < -0.4 is 39.5 Å². The van der Waals surface area contributed by atoms with Crippen molar-refractivity contribution in [3.63, 3.8) is 0 Å². The number of anilines is 2. The number of aromatic carboxylic acids is 1. The Balaban J connectivity index is 0.00000320. The number of piperidine rings is 1. The van der Waals surface area contributed by atoms with E-state index in [4.69, 9.17) is 34.8 Å². The molecule has 1 aliphatic heterocycles. The van der Waals surface area contributed by atoms with Crippen LogP contribution in [0, 0.1) is 18.8 Å². The first kappa shape index (κ1) is 27.8. The summed E-state index contributed by atoms with van der Waals surface area (Å²) in [5.41, 5.74) is 1.51. The summed E-state index contributed by atoms with van der Waals surface area (Å²) in [5, 5.41) is 18.9. The van der Waals surface area contributed by atoms with Gasteiger partial charge in [-0.25, -0.2) is 4.98 Å². The number of carboxylic acids is 1. The SMILES string of the molecule is Cc1[nH]c(C(=O)N[C@@H]2[C@@H]3CN(c4nc(CC(=O)Nc5cccc(Cl)c5)c(C(=O)[O-])s4)C[C@@H]32)c(Cl)c1Cl.[Li+]. The van der Waals surface area contributed by atoms with Crippen molar-refractivity contribution in [2.75, 3.05) is 23.3 Å². The normalized spacial score (nSPS) is 19.7. The number of aryl methyl sites for hydroxylation is 1. The molecule has 14 heteroatoms. The molecule has 37 heavy (non-hydrogen) atoms. The Morgan fingerprint density at radius 3 is 2.49 bits per heavy atom. The first-order valence-electron chi connectivity index (χ1n) is 11.0. The fraction of sp³-hybridized carbons (Fsp3) is 0.304. The Bertz CT molecular complexity index is 1380. The summed E-state index contributed by atoms with van der Waals surface area (Å²) in [6, 6.07) is 6.64. The summed E-state index contributed by atoms with van der Waals surface area (Å²) < 4.78 is 0. The van der Waals surface area contributed by atoms with Crippen molar-refractivity contribution in [1.82, 2.24) is 15.3 Å². The minimum absolute atomic E-state index is 0. The van der Waals surface area contributed by atoms with Crippen molar-refractivity contribution in [1.29, 1.82) is 0 Å². The maximum absolute atomic E-state index is 12.6. The number of amides is 2. The summed E-state index contributed by atoms with van der Waals surface area (Å²) in [4.78, 5) is 46.0. The van der Waals surface area contributed by atoms with Gasteiger partial charge in [0.25, 0.3) is 5.91 Å². The third-order valence-electron chi connectivity index (χ3n) is 6.35. The Kier molecular flexibility index (Phi) is 8.19. The molecule has 3 N–H and O–H groups in total. The molecule has 9 nitrogen and oxygen atoms in total. The Labute approximate surface area is 243 Å². The quantitative estimate of drug-likeness (QED) is 0.345. The number of aromatic nitrogens is 2. The van der Waals surface area contributed by atoms with Gasteiger partial charge in [-0.2, -0.15) is 0 Å². The maximum atomic E-state index is 12.6. The van der Waals surface area contributed by atoms with Gasteiger partial charge in [0.2, 0.25) is 5.91 Å².